The summed E-state index contributed by atoms with van der Waals surface area (Å²) < 4.78 is 4.85. The minimum Gasteiger partial charge on any atom is -0.545 e. The molecule has 102 valence electrons. The number of nitrogens with one attached hydrogen (secondary N) is 2. The number of rotatable bonds is 6. The van der Waals surface area contributed by atoms with Crippen molar-refractivity contribution in [1.29, 1.82) is 0 Å². The summed E-state index contributed by atoms with van der Waals surface area (Å²) in [6, 6.07) is 6.40. The number of hydrogen-bond acceptors (Lipinski definition) is 5. The molecular formula is C12H14N3O3S-. The van der Waals surface area contributed by atoms with Crippen LogP contribution in [0, 0.1) is 0 Å². The highest BCUT2D eigenvalue weighted by Gasteiger charge is 1.99. The van der Waals surface area contributed by atoms with Crippen LogP contribution in [0.15, 0.2) is 29.4 Å². The third-order valence-corrected chi connectivity index (χ3v) is 2.38. The highest BCUT2D eigenvalue weighted by atomic mass is 32.1. The zero-order valence-electron chi connectivity index (χ0n) is 10.4. The number of ether oxygens (including phenoxy) is 1. The summed E-state index contributed by atoms with van der Waals surface area (Å²) in [5.41, 5.74) is 3.09. The highest BCUT2D eigenvalue weighted by molar-refractivity contribution is 7.80. The summed E-state index contributed by atoms with van der Waals surface area (Å²) in [4.78, 5) is 10.8. The predicted molar refractivity (Wildman–Crippen MR) is 74.0 cm³/mol. The first kappa shape index (κ1) is 15.1. The van der Waals surface area contributed by atoms with Crippen LogP contribution in [0.25, 0.3) is 0 Å². The number of thiocarbonyl (C=S) groups is 1. The quantitative estimate of drug-likeness (QED) is 0.316. The molecule has 0 aromatic heterocycles. The smallest absolute Gasteiger partial charge is 0.187 e. The monoisotopic (exact) mass is 280 g/mol. The molecule has 0 bridgehead atoms. The first-order valence-corrected chi connectivity index (χ1v) is 5.92. The standard InChI is InChI=1S/C12H15N3O3S/c1-18-7-6-13-12(19)15-14-8-9-4-2-3-5-10(9)11(16)17/h2-5,8H,6-7H2,1H3,(H,16,17)(H2,13,15,19)/p-1/b14-8-. The van der Waals surface area contributed by atoms with E-state index < -0.39 is 5.97 Å². The Kier molecular flexibility index (Phi) is 6.48. The van der Waals surface area contributed by atoms with Gasteiger partial charge in [-0.2, -0.15) is 5.10 Å². The molecule has 0 aliphatic rings. The lowest BCUT2D eigenvalue weighted by atomic mass is 10.1. The molecule has 2 N–H and O–H groups in total. The Bertz CT molecular complexity index is 477. The van der Waals surface area contributed by atoms with Crippen LogP contribution in [-0.4, -0.2) is 37.6 Å². The summed E-state index contributed by atoms with van der Waals surface area (Å²) in [5, 5.41) is 17.9. The van der Waals surface area contributed by atoms with E-state index >= 15 is 0 Å². The summed E-state index contributed by atoms with van der Waals surface area (Å²) in [6.45, 7) is 1.09. The number of methoxy groups -OCH3 is 1. The molecule has 0 saturated carbocycles. The summed E-state index contributed by atoms with van der Waals surface area (Å²) in [5.74, 6) is -1.25. The molecule has 0 aliphatic heterocycles. The van der Waals surface area contributed by atoms with Gasteiger partial charge in [0.25, 0.3) is 0 Å². The van der Waals surface area contributed by atoms with Gasteiger partial charge in [-0.1, -0.05) is 24.3 Å². The Morgan fingerprint density at radius 2 is 2.26 bits per heavy atom. The maximum absolute atomic E-state index is 10.8. The van der Waals surface area contributed by atoms with Gasteiger partial charge in [0.2, 0.25) is 0 Å². The molecular weight excluding hydrogens is 266 g/mol. The van der Waals surface area contributed by atoms with Crippen LogP contribution in [0.2, 0.25) is 0 Å². The Labute approximate surface area is 116 Å². The van der Waals surface area contributed by atoms with Gasteiger partial charge in [-0.05, 0) is 12.2 Å². The fourth-order valence-corrected chi connectivity index (χ4v) is 1.42. The third-order valence-electron chi connectivity index (χ3n) is 2.14. The number of aromatic carboxylic acids is 1. The lowest BCUT2D eigenvalue weighted by molar-refractivity contribution is -0.255. The average Bonchev–Trinajstić information content (AvgIpc) is 2.39. The molecule has 0 heterocycles. The fourth-order valence-electron chi connectivity index (χ4n) is 1.26. The molecule has 0 saturated heterocycles. The lowest BCUT2D eigenvalue weighted by Crippen LogP contribution is -2.34. The molecule has 0 amide bonds. The predicted octanol–water partition coefficient (Wildman–Crippen LogP) is -0.505. The highest BCUT2D eigenvalue weighted by Crippen LogP contribution is 2.04. The molecule has 7 heteroatoms. The van der Waals surface area contributed by atoms with Gasteiger partial charge in [0.1, 0.15) is 0 Å². The molecule has 1 aromatic carbocycles. The normalized spacial score (nSPS) is 10.4. The molecule has 1 rings (SSSR count). The number of carbonyl (C=O) groups is 1. The van der Waals surface area contributed by atoms with Crippen LogP contribution in [0.5, 0.6) is 0 Å². The molecule has 0 unspecified atom stereocenters. The second-order valence-corrected chi connectivity index (χ2v) is 3.90. The van der Waals surface area contributed by atoms with Gasteiger partial charge >= 0.3 is 0 Å². The van der Waals surface area contributed by atoms with Gasteiger partial charge in [0, 0.05) is 24.8 Å². The van der Waals surface area contributed by atoms with Gasteiger partial charge in [-0.15, -0.1) is 0 Å². The molecule has 0 aliphatic carbocycles. The Morgan fingerprint density at radius 1 is 1.53 bits per heavy atom. The molecule has 0 fully saturated rings. The lowest BCUT2D eigenvalue weighted by Gasteiger charge is -2.07. The van der Waals surface area contributed by atoms with Crippen LogP contribution in [0.1, 0.15) is 15.9 Å². The van der Waals surface area contributed by atoms with Gasteiger partial charge in [0.05, 0.1) is 18.8 Å². The number of carboxylic acids is 1. The number of carboxylic acid groups (broad SMARTS) is 1. The van der Waals surface area contributed by atoms with E-state index in [-0.39, 0.29) is 5.56 Å². The Hall–Kier alpha value is -1.99. The number of benzene rings is 1. The van der Waals surface area contributed by atoms with Crippen molar-refractivity contribution in [3.63, 3.8) is 0 Å². The second kappa shape index (κ2) is 8.17. The molecule has 0 radical (unpaired) electrons. The number of hydrazone groups is 1. The van der Waals surface area contributed by atoms with E-state index in [2.05, 4.69) is 15.8 Å². The maximum Gasteiger partial charge on any atom is 0.187 e. The topological polar surface area (TPSA) is 85.8 Å². The SMILES string of the molecule is COCCNC(=S)N/N=C\c1ccccc1C(=O)[O-]. The summed E-state index contributed by atoms with van der Waals surface area (Å²) in [6.07, 6.45) is 1.37. The molecule has 19 heavy (non-hydrogen) atoms. The van der Waals surface area contributed by atoms with Gasteiger partial charge < -0.3 is 20.0 Å². The van der Waals surface area contributed by atoms with Crippen molar-refractivity contribution in [2.75, 3.05) is 20.3 Å². The third kappa shape index (κ3) is 5.45. The minimum atomic E-state index is -1.25. The molecule has 0 spiro atoms. The van der Waals surface area contributed by atoms with E-state index in [1.54, 1.807) is 25.3 Å². The van der Waals surface area contributed by atoms with Crippen molar-refractivity contribution in [1.82, 2.24) is 10.7 Å². The molecule has 0 atom stereocenters. The van der Waals surface area contributed by atoms with E-state index in [0.717, 1.165) is 0 Å². The van der Waals surface area contributed by atoms with Crippen molar-refractivity contribution in [2.45, 2.75) is 0 Å². The largest absolute Gasteiger partial charge is 0.545 e. The minimum absolute atomic E-state index is 0.0753. The number of hydrogen-bond donors (Lipinski definition) is 2. The van der Waals surface area contributed by atoms with Crippen LogP contribution in [0.4, 0.5) is 0 Å². The summed E-state index contributed by atoms with van der Waals surface area (Å²) >= 11 is 4.95. The van der Waals surface area contributed by atoms with Gasteiger partial charge in [-0.3, -0.25) is 5.43 Å². The van der Waals surface area contributed by atoms with Gasteiger partial charge in [0.15, 0.2) is 5.11 Å². The van der Waals surface area contributed by atoms with Gasteiger partial charge in [-0.25, -0.2) is 0 Å². The average molecular weight is 280 g/mol. The van der Waals surface area contributed by atoms with Crippen LogP contribution >= 0.6 is 12.2 Å². The first-order valence-electron chi connectivity index (χ1n) is 5.51. The number of nitrogens with zero attached hydrogens (tertiary/aromatic N) is 1. The van der Waals surface area contributed by atoms with E-state index in [4.69, 9.17) is 17.0 Å². The van der Waals surface area contributed by atoms with Crippen molar-refractivity contribution in [2.24, 2.45) is 5.10 Å². The van der Waals surface area contributed by atoms with Crippen molar-refractivity contribution in [3.05, 3.63) is 35.4 Å². The van der Waals surface area contributed by atoms with E-state index in [9.17, 15) is 9.90 Å². The fraction of sp³-hybridized carbons (Fsp3) is 0.250. The van der Waals surface area contributed by atoms with Crippen molar-refractivity contribution in [3.8, 4) is 0 Å². The van der Waals surface area contributed by atoms with E-state index in [1.807, 2.05) is 0 Å². The van der Waals surface area contributed by atoms with E-state index in [0.29, 0.717) is 23.8 Å². The number of carbonyl (C=O) groups excluding carboxylic acids is 1. The van der Waals surface area contributed by atoms with Crippen LogP contribution in [-0.2, 0) is 4.74 Å². The van der Waals surface area contributed by atoms with Crippen molar-refractivity contribution >= 4 is 29.5 Å². The molecule has 6 nitrogen and oxygen atoms in total. The summed E-state index contributed by atoms with van der Waals surface area (Å²) in [7, 11) is 1.59. The first-order chi connectivity index (χ1) is 9.15. The van der Waals surface area contributed by atoms with Crippen LogP contribution in [0.3, 0.4) is 0 Å². The van der Waals surface area contributed by atoms with Crippen molar-refractivity contribution < 1.29 is 14.6 Å². The maximum atomic E-state index is 10.8. The van der Waals surface area contributed by atoms with Crippen LogP contribution < -0.4 is 15.8 Å². The Morgan fingerprint density at radius 3 is 2.95 bits per heavy atom. The second-order valence-electron chi connectivity index (χ2n) is 3.49. The Balaban J connectivity index is 2.53. The zero-order chi connectivity index (χ0) is 14.1. The molecule has 1 aromatic rings. The van der Waals surface area contributed by atoms with E-state index in [1.165, 1.54) is 12.3 Å². The zero-order valence-corrected chi connectivity index (χ0v) is 11.2.